The number of hydrogen-bond acceptors (Lipinski definition) is 2. The number of fused-ring (bicyclic) bond motifs is 1. The first-order valence-corrected chi connectivity index (χ1v) is 8.78. The monoisotopic (exact) mass is 359 g/mol. The maximum absolute atomic E-state index is 12.3. The van der Waals surface area contributed by atoms with Crippen LogP contribution in [-0.4, -0.2) is 13.0 Å². The van der Waals surface area contributed by atoms with E-state index < -0.39 is 5.91 Å². The van der Waals surface area contributed by atoms with Crippen LogP contribution in [0.4, 0.5) is 0 Å². The van der Waals surface area contributed by atoms with Gasteiger partial charge in [0, 0.05) is 5.56 Å². The molecule has 2 N–H and O–H groups in total. The van der Waals surface area contributed by atoms with Crippen molar-refractivity contribution in [3.63, 3.8) is 0 Å². The molecule has 0 saturated heterocycles. The topological polar surface area (TPSA) is 52.3 Å². The Bertz CT molecular complexity index is 933. The molecular formula is C24H25NO2. The van der Waals surface area contributed by atoms with E-state index >= 15 is 0 Å². The second-order valence-electron chi connectivity index (χ2n) is 5.94. The van der Waals surface area contributed by atoms with E-state index in [0.717, 1.165) is 28.3 Å². The molecule has 0 spiro atoms. The zero-order chi connectivity index (χ0) is 19.6. The third-order valence-corrected chi connectivity index (χ3v) is 4.12. The summed E-state index contributed by atoms with van der Waals surface area (Å²) in [5, 5.41) is 1.94. The number of nitrogens with two attached hydrogens (primary N) is 1. The van der Waals surface area contributed by atoms with E-state index in [1.165, 1.54) is 0 Å². The summed E-state index contributed by atoms with van der Waals surface area (Å²) >= 11 is 0. The van der Waals surface area contributed by atoms with Crippen LogP contribution >= 0.6 is 0 Å². The number of hydrogen-bond donors (Lipinski definition) is 1. The van der Waals surface area contributed by atoms with Crippen molar-refractivity contribution in [2.45, 2.75) is 12.8 Å². The molecule has 2 rings (SSSR count). The fourth-order valence-corrected chi connectivity index (χ4v) is 2.96. The molecule has 27 heavy (non-hydrogen) atoms. The number of carbonyl (C=O) groups is 1. The highest BCUT2D eigenvalue weighted by molar-refractivity contribution is 6.09. The van der Waals surface area contributed by atoms with Gasteiger partial charge in [0.05, 0.1) is 12.7 Å². The standard InChI is InChI=1S/C24H25NO2/c1-4-6-7-8-9-10-14-18(13-5-2)22-20-16-12-11-15-19(20)17-21(27-3)23(22)24(25)26/h4-5,7-12,14-17H,1-2,6,13H2,3H3,(H2,25,26)/b8-7+,10-9+,18-14-. The summed E-state index contributed by atoms with van der Waals surface area (Å²) in [5.74, 6) is -0.0431. The van der Waals surface area contributed by atoms with Crippen LogP contribution in [0.1, 0.15) is 28.8 Å². The summed E-state index contributed by atoms with van der Waals surface area (Å²) in [4.78, 5) is 12.3. The molecule has 0 aliphatic carbocycles. The van der Waals surface area contributed by atoms with Gasteiger partial charge in [0.25, 0.3) is 5.91 Å². The Labute approximate surface area is 160 Å². The molecule has 0 heterocycles. The lowest BCUT2D eigenvalue weighted by molar-refractivity contribution is 0.0997. The molecule has 0 radical (unpaired) electrons. The highest BCUT2D eigenvalue weighted by Gasteiger charge is 2.20. The molecule has 1 amide bonds. The molecular weight excluding hydrogens is 334 g/mol. The summed E-state index contributed by atoms with van der Waals surface area (Å²) in [6.07, 6.45) is 14.9. The number of methoxy groups -OCH3 is 1. The molecule has 138 valence electrons. The second kappa shape index (κ2) is 9.97. The Balaban J connectivity index is 2.69. The predicted octanol–water partition coefficient (Wildman–Crippen LogP) is 5.60. The van der Waals surface area contributed by atoms with Crippen LogP contribution in [0.2, 0.25) is 0 Å². The Morgan fingerprint density at radius 1 is 1.11 bits per heavy atom. The van der Waals surface area contributed by atoms with E-state index in [1.807, 2.05) is 72.9 Å². The van der Waals surface area contributed by atoms with Gasteiger partial charge in [-0.1, -0.05) is 66.8 Å². The third-order valence-electron chi connectivity index (χ3n) is 4.12. The van der Waals surface area contributed by atoms with Crippen LogP contribution in [0.5, 0.6) is 5.75 Å². The summed E-state index contributed by atoms with van der Waals surface area (Å²) in [7, 11) is 1.54. The molecule has 0 fully saturated rings. The largest absolute Gasteiger partial charge is 0.496 e. The van der Waals surface area contributed by atoms with E-state index in [0.29, 0.717) is 17.7 Å². The summed E-state index contributed by atoms with van der Waals surface area (Å²) in [5.41, 5.74) is 7.84. The minimum Gasteiger partial charge on any atom is -0.496 e. The molecule has 0 atom stereocenters. The molecule has 0 aliphatic rings. The third kappa shape index (κ3) is 4.85. The number of carbonyl (C=O) groups excluding carboxylic acids is 1. The molecule has 0 aromatic heterocycles. The average Bonchev–Trinajstić information content (AvgIpc) is 2.68. The lowest BCUT2D eigenvalue weighted by atomic mass is 9.90. The maximum atomic E-state index is 12.3. The van der Waals surface area contributed by atoms with Gasteiger partial charge in [-0.15, -0.1) is 13.2 Å². The summed E-state index contributed by atoms with van der Waals surface area (Å²) < 4.78 is 5.46. The van der Waals surface area contributed by atoms with Crippen molar-refractivity contribution in [2.24, 2.45) is 5.73 Å². The number of allylic oxidation sites excluding steroid dienone is 8. The fraction of sp³-hybridized carbons (Fsp3) is 0.125. The van der Waals surface area contributed by atoms with Crippen LogP contribution < -0.4 is 10.5 Å². The van der Waals surface area contributed by atoms with Crippen molar-refractivity contribution in [3.05, 3.63) is 97.1 Å². The van der Waals surface area contributed by atoms with E-state index in [1.54, 1.807) is 7.11 Å². The second-order valence-corrected chi connectivity index (χ2v) is 5.94. The average molecular weight is 359 g/mol. The number of amides is 1. The molecule has 3 heteroatoms. The van der Waals surface area contributed by atoms with Gasteiger partial charge in [-0.2, -0.15) is 0 Å². The molecule has 2 aromatic rings. The highest BCUT2D eigenvalue weighted by atomic mass is 16.5. The number of ether oxygens (including phenoxy) is 1. The van der Waals surface area contributed by atoms with E-state index in [-0.39, 0.29) is 0 Å². The van der Waals surface area contributed by atoms with E-state index in [9.17, 15) is 4.79 Å². The number of primary amides is 1. The first-order chi connectivity index (χ1) is 13.1. The van der Waals surface area contributed by atoms with Gasteiger partial charge in [0.1, 0.15) is 5.75 Å². The highest BCUT2D eigenvalue weighted by Crippen LogP contribution is 2.36. The van der Waals surface area contributed by atoms with Crippen molar-refractivity contribution >= 4 is 22.3 Å². The van der Waals surface area contributed by atoms with Crippen molar-refractivity contribution in [3.8, 4) is 5.75 Å². The first kappa shape index (κ1) is 20.0. The Morgan fingerprint density at radius 2 is 1.89 bits per heavy atom. The van der Waals surface area contributed by atoms with Crippen LogP contribution in [0.25, 0.3) is 16.3 Å². The summed E-state index contributed by atoms with van der Waals surface area (Å²) in [6, 6.07) is 9.73. The van der Waals surface area contributed by atoms with E-state index in [2.05, 4.69) is 13.2 Å². The minimum absolute atomic E-state index is 0.389. The lowest BCUT2D eigenvalue weighted by Crippen LogP contribution is -2.15. The molecule has 2 aromatic carbocycles. The van der Waals surface area contributed by atoms with Crippen LogP contribution in [0, 0.1) is 0 Å². The molecule has 3 nitrogen and oxygen atoms in total. The quantitative estimate of drug-likeness (QED) is 0.468. The normalized spacial score (nSPS) is 12.0. The van der Waals surface area contributed by atoms with Crippen molar-refractivity contribution < 1.29 is 9.53 Å². The van der Waals surface area contributed by atoms with Gasteiger partial charge in [0.15, 0.2) is 0 Å². The Hall–Kier alpha value is -3.33. The summed E-state index contributed by atoms with van der Waals surface area (Å²) in [6.45, 7) is 7.54. The lowest BCUT2D eigenvalue weighted by Gasteiger charge is -2.17. The van der Waals surface area contributed by atoms with E-state index in [4.69, 9.17) is 10.5 Å². The van der Waals surface area contributed by atoms with Crippen molar-refractivity contribution in [1.29, 1.82) is 0 Å². The number of rotatable bonds is 9. The van der Waals surface area contributed by atoms with Crippen LogP contribution in [0.3, 0.4) is 0 Å². The smallest absolute Gasteiger partial charge is 0.253 e. The first-order valence-electron chi connectivity index (χ1n) is 8.78. The SMILES string of the molecule is C=CC/C=C/C=C/C=C(/CC=C)c1c(C(N)=O)c(OC)cc2ccccc12. The van der Waals surface area contributed by atoms with Gasteiger partial charge in [-0.05, 0) is 35.3 Å². The molecule has 0 saturated carbocycles. The Morgan fingerprint density at radius 3 is 2.56 bits per heavy atom. The molecule has 0 unspecified atom stereocenters. The van der Waals surface area contributed by atoms with Gasteiger partial charge >= 0.3 is 0 Å². The maximum Gasteiger partial charge on any atom is 0.253 e. The van der Waals surface area contributed by atoms with Gasteiger partial charge in [-0.3, -0.25) is 4.79 Å². The Kier molecular flexibility index (Phi) is 7.38. The zero-order valence-electron chi connectivity index (χ0n) is 15.7. The van der Waals surface area contributed by atoms with Gasteiger partial charge < -0.3 is 10.5 Å². The zero-order valence-corrected chi connectivity index (χ0v) is 15.7. The van der Waals surface area contributed by atoms with Crippen LogP contribution in [0.15, 0.2) is 86.0 Å². The van der Waals surface area contributed by atoms with Crippen molar-refractivity contribution in [1.82, 2.24) is 0 Å². The minimum atomic E-state index is -0.516. The van der Waals surface area contributed by atoms with Crippen LogP contribution in [-0.2, 0) is 0 Å². The van der Waals surface area contributed by atoms with Gasteiger partial charge in [0.2, 0.25) is 0 Å². The molecule has 0 bridgehead atoms. The fourth-order valence-electron chi connectivity index (χ4n) is 2.96. The van der Waals surface area contributed by atoms with Crippen molar-refractivity contribution in [2.75, 3.05) is 7.11 Å². The molecule has 0 aliphatic heterocycles. The van der Waals surface area contributed by atoms with Gasteiger partial charge in [-0.25, -0.2) is 0 Å². The predicted molar refractivity (Wildman–Crippen MR) is 115 cm³/mol. The number of benzene rings is 2.